The average Bonchev–Trinajstić information content (AvgIpc) is 3.09. The topological polar surface area (TPSA) is 134 Å². The molecule has 9 heteroatoms. The Labute approximate surface area is 290 Å². The normalized spacial score (nSPS) is 13.3. The van der Waals surface area contributed by atoms with Gasteiger partial charge in [-0.05, 0) is 66.1 Å². The number of nitrogens with zero attached hydrogens (tertiary/aromatic N) is 2. The lowest BCUT2D eigenvalue weighted by atomic mass is 9.86. The fraction of sp³-hybridized carbons (Fsp3) is 0.400. The van der Waals surface area contributed by atoms with Gasteiger partial charge in [0.25, 0.3) is 5.91 Å². The van der Waals surface area contributed by atoms with Crippen molar-refractivity contribution in [1.29, 1.82) is 0 Å². The van der Waals surface area contributed by atoms with E-state index in [-0.39, 0.29) is 17.7 Å². The van der Waals surface area contributed by atoms with Crippen LogP contribution in [-0.4, -0.2) is 57.0 Å². The Bertz CT molecular complexity index is 1620. The van der Waals surface area contributed by atoms with E-state index in [0.717, 1.165) is 46.6 Å². The molecule has 260 valence electrons. The second-order valence-electron chi connectivity index (χ2n) is 13.6. The zero-order valence-electron chi connectivity index (χ0n) is 29.3. The summed E-state index contributed by atoms with van der Waals surface area (Å²) in [5.74, 6) is -0.0434. The van der Waals surface area contributed by atoms with Gasteiger partial charge in [0.2, 0.25) is 0 Å². The molecule has 9 nitrogen and oxygen atoms in total. The zero-order chi connectivity index (χ0) is 35.4. The van der Waals surface area contributed by atoms with Crippen LogP contribution >= 0.6 is 0 Å². The van der Waals surface area contributed by atoms with Crippen LogP contribution in [0.3, 0.4) is 0 Å². The van der Waals surface area contributed by atoms with Crippen molar-refractivity contribution in [2.24, 2.45) is 0 Å². The number of carbonyl (C=O) groups excluding carboxylic acids is 1. The summed E-state index contributed by atoms with van der Waals surface area (Å²) in [5, 5.41) is 25.9. The zero-order valence-corrected chi connectivity index (χ0v) is 29.3. The lowest BCUT2D eigenvalue weighted by molar-refractivity contribution is -0.140. The highest BCUT2D eigenvalue weighted by molar-refractivity contribution is 5.94. The number of hydrogen-bond donors (Lipinski definition) is 4. The Morgan fingerprint density at radius 1 is 0.816 bits per heavy atom. The Morgan fingerprint density at radius 3 is 2.02 bits per heavy atom. The van der Waals surface area contributed by atoms with E-state index < -0.39 is 24.3 Å². The largest absolute Gasteiger partial charge is 0.494 e. The van der Waals surface area contributed by atoms with E-state index in [1.165, 1.54) is 32.6 Å². The van der Waals surface area contributed by atoms with Gasteiger partial charge in [-0.2, -0.15) is 0 Å². The third-order valence-electron chi connectivity index (χ3n) is 8.53. The van der Waals surface area contributed by atoms with Gasteiger partial charge in [-0.25, -0.2) is 9.97 Å². The number of carboxylic acids is 1. The molecule has 49 heavy (non-hydrogen) atoms. The van der Waals surface area contributed by atoms with Crippen molar-refractivity contribution in [3.63, 3.8) is 0 Å². The molecule has 4 N–H and O–H groups in total. The van der Waals surface area contributed by atoms with Crippen LogP contribution in [0.15, 0.2) is 85.2 Å². The molecule has 1 heterocycles. The third-order valence-corrected chi connectivity index (χ3v) is 8.53. The summed E-state index contributed by atoms with van der Waals surface area (Å²) < 4.78 is 5.89. The van der Waals surface area contributed by atoms with E-state index in [9.17, 15) is 19.8 Å². The van der Waals surface area contributed by atoms with Crippen molar-refractivity contribution in [2.45, 2.75) is 96.9 Å². The van der Waals surface area contributed by atoms with E-state index in [1.54, 1.807) is 24.5 Å². The number of rotatable bonds is 17. The summed E-state index contributed by atoms with van der Waals surface area (Å²) in [5.41, 5.74) is 5.04. The number of nitrogens with one attached hydrogen (secondary N) is 2. The van der Waals surface area contributed by atoms with Crippen LogP contribution in [0.4, 0.5) is 0 Å². The standard InChI is InChI=1S/C40H50N4O5/c1-6-7-8-9-10-23-49-34-21-17-29(18-22-34)32-25-41-36(42-26-32)30-13-11-28(12-14-30)24-35(38(46)43-27(2)39(47)48)44-37(45)31-15-19-33(20-16-31)40(3,4)5/h11-22,25-27,35,38,43,46H,6-10,23-24H2,1-5H3,(H,44,45)(H,47,48)/t27-,35+,38?/m1/s1. The number of carbonyl (C=O) groups is 2. The van der Waals surface area contributed by atoms with Gasteiger partial charge in [-0.15, -0.1) is 0 Å². The van der Waals surface area contributed by atoms with Crippen LogP contribution in [0.25, 0.3) is 22.5 Å². The predicted molar refractivity (Wildman–Crippen MR) is 193 cm³/mol. The number of aliphatic hydroxyl groups is 1. The Hall–Kier alpha value is -4.60. The lowest BCUT2D eigenvalue weighted by Gasteiger charge is -2.27. The molecular weight excluding hydrogens is 616 g/mol. The molecule has 0 radical (unpaired) electrons. The number of aliphatic hydroxyl groups excluding tert-OH is 1. The minimum atomic E-state index is -1.31. The van der Waals surface area contributed by atoms with E-state index >= 15 is 0 Å². The number of aliphatic carboxylic acids is 1. The fourth-order valence-corrected chi connectivity index (χ4v) is 5.37. The van der Waals surface area contributed by atoms with Crippen LogP contribution < -0.4 is 15.4 Å². The monoisotopic (exact) mass is 666 g/mol. The number of amides is 1. The Kier molecular flexibility index (Phi) is 13.4. The fourth-order valence-electron chi connectivity index (χ4n) is 5.37. The molecule has 0 saturated carbocycles. The molecule has 4 aromatic rings. The van der Waals surface area contributed by atoms with Crippen LogP contribution in [-0.2, 0) is 16.6 Å². The van der Waals surface area contributed by atoms with Gasteiger partial charge in [0.05, 0.1) is 12.6 Å². The van der Waals surface area contributed by atoms with Gasteiger partial charge in [0.15, 0.2) is 5.82 Å². The second kappa shape index (κ2) is 17.7. The van der Waals surface area contributed by atoms with Crippen molar-refractivity contribution >= 4 is 11.9 Å². The van der Waals surface area contributed by atoms with Crippen molar-refractivity contribution in [3.05, 3.63) is 102 Å². The number of aromatic nitrogens is 2. The first kappa shape index (κ1) is 37.2. The molecule has 0 aliphatic carbocycles. The van der Waals surface area contributed by atoms with Crippen LogP contribution in [0, 0.1) is 0 Å². The maximum atomic E-state index is 13.2. The number of carboxylic acid groups (broad SMARTS) is 1. The molecule has 0 aliphatic heterocycles. The maximum absolute atomic E-state index is 13.2. The van der Waals surface area contributed by atoms with E-state index in [2.05, 4.69) is 48.3 Å². The summed E-state index contributed by atoms with van der Waals surface area (Å²) in [4.78, 5) is 33.8. The molecule has 0 aliphatic rings. The predicted octanol–water partition coefficient (Wildman–Crippen LogP) is 7.18. The molecule has 0 bridgehead atoms. The minimum Gasteiger partial charge on any atom is -0.494 e. The molecule has 3 aromatic carbocycles. The molecule has 0 fully saturated rings. The summed E-state index contributed by atoms with van der Waals surface area (Å²) in [6.07, 6.45) is 8.56. The highest BCUT2D eigenvalue weighted by Crippen LogP contribution is 2.25. The van der Waals surface area contributed by atoms with Crippen LogP contribution in [0.2, 0.25) is 0 Å². The molecule has 0 saturated heterocycles. The number of benzene rings is 3. The maximum Gasteiger partial charge on any atom is 0.320 e. The van der Waals surface area contributed by atoms with Gasteiger partial charge in [0.1, 0.15) is 18.0 Å². The SMILES string of the molecule is CCCCCCCOc1ccc(-c2cnc(-c3ccc(C[C@H](NC(=O)c4ccc(C(C)(C)C)cc4)C(O)N[C@H](C)C(=O)O)cc3)nc2)cc1. The first-order valence-corrected chi connectivity index (χ1v) is 17.2. The van der Waals surface area contributed by atoms with Gasteiger partial charge >= 0.3 is 5.97 Å². The molecular formula is C40H50N4O5. The summed E-state index contributed by atoms with van der Waals surface area (Å²) in [7, 11) is 0. The third kappa shape index (κ3) is 11.2. The number of hydrogen-bond acceptors (Lipinski definition) is 7. The van der Waals surface area contributed by atoms with E-state index in [0.29, 0.717) is 11.4 Å². The van der Waals surface area contributed by atoms with Crippen molar-refractivity contribution in [2.75, 3.05) is 6.61 Å². The molecule has 4 rings (SSSR count). The number of unbranched alkanes of at least 4 members (excludes halogenated alkanes) is 4. The second-order valence-corrected chi connectivity index (χ2v) is 13.6. The van der Waals surface area contributed by atoms with Gasteiger partial charge in [-0.1, -0.05) is 102 Å². The van der Waals surface area contributed by atoms with Crippen LogP contribution in [0.5, 0.6) is 5.75 Å². The van der Waals surface area contributed by atoms with Crippen molar-refractivity contribution in [3.8, 4) is 28.3 Å². The van der Waals surface area contributed by atoms with Crippen molar-refractivity contribution in [1.82, 2.24) is 20.6 Å². The lowest BCUT2D eigenvalue weighted by Crippen LogP contribution is -2.54. The van der Waals surface area contributed by atoms with Crippen LogP contribution in [0.1, 0.15) is 88.2 Å². The minimum absolute atomic E-state index is 0.0570. The number of ether oxygens (including phenoxy) is 1. The highest BCUT2D eigenvalue weighted by Gasteiger charge is 2.26. The smallest absolute Gasteiger partial charge is 0.320 e. The van der Waals surface area contributed by atoms with Gasteiger partial charge in [-0.3, -0.25) is 14.9 Å². The summed E-state index contributed by atoms with van der Waals surface area (Å²) in [6.45, 7) is 10.7. The molecule has 1 amide bonds. The first-order chi connectivity index (χ1) is 23.4. The van der Waals surface area contributed by atoms with E-state index in [4.69, 9.17) is 4.74 Å². The molecule has 0 spiro atoms. The molecule has 1 unspecified atom stereocenters. The van der Waals surface area contributed by atoms with Gasteiger partial charge in [0, 0.05) is 29.1 Å². The first-order valence-electron chi connectivity index (χ1n) is 17.2. The van der Waals surface area contributed by atoms with E-state index in [1.807, 2.05) is 60.7 Å². The summed E-state index contributed by atoms with van der Waals surface area (Å²) in [6, 6.07) is 21.1. The highest BCUT2D eigenvalue weighted by atomic mass is 16.5. The quantitative estimate of drug-likeness (QED) is 0.0688. The molecule has 3 atom stereocenters. The van der Waals surface area contributed by atoms with Gasteiger partial charge < -0.3 is 20.3 Å². The Balaban J connectivity index is 1.40. The summed E-state index contributed by atoms with van der Waals surface area (Å²) >= 11 is 0. The Morgan fingerprint density at radius 2 is 1.43 bits per heavy atom. The van der Waals surface area contributed by atoms with Crippen molar-refractivity contribution < 1.29 is 24.5 Å². The average molecular weight is 667 g/mol. The molecule has 1 aromatic heterocycles.